The van der Waals surface area contributed by atoms with Crippen LogP contribution in [0.1, 0.15) is 12.6 Å². The second-order valence-electron chi connectivity index (χ2n) is 6.78. The van der Waals surface area contributed by atoms with E-state index in [4.69, 9.17) is 0 Å². The molecule has 0 bridgehead atoms. The molecule has 1 unspecified atom stereocenters. The van der Waals surface area contributed by atoms with Crippen LogP contribution >= 0.6 is 0 Å². The van der Waals surface area contributed by atoms with Gasteiger partial charge < -0.3 is 10.2 Å². The van der Waals surface area contributed by atoms with Crippen LogP contribution < -0.4 is 10.2 Å². The van der Waals surface area contributed by atoms with Crippen LogP contribution in [0.2, 0.25) is 0 Å². The number of hydrogen-bond donors (Lipinski definition) is 1. The van der Waals surface area contributed by atoms with E-state index in [0.29, 0.717) is 11.8 Å². The number of pyridine rings is 1. The minimum Gasteiger partial charge on any atom is -0.366 e. The fourth-order valence-corrected chi connectivity index (χ4v) is 3.42. The molecule has 0 aliphatic carbocycles. The number of piperazine rings is 1. The van der Waals surface area contributed by atoms with Crippen LogP contribution in [0.15, 0.2) is 36.8 Å². The SMILES string of the molecule is Cc1cc(NC(C)CN2CCN(c3ccccn3)CC2)n2ncnc2n1. The molecule has 3 aromatic heterocycles. The van der Waals surface area contributed by atoms with E-state index in [1.807, 2.05) is 31.3 Å². The summed E-state index contributed by atoms with van der Waals surface area (Å²) in [5, 5.41) is 7.81. The lowest BCUT2D eigenvalue weighted by Crippen LogP contribution is -2.49. The van der Waals surface area contributed by atoms with Crippen LogP contribution in [-0.2, 0) is 0 Å². The van der Waals surface area contributed by atoms with Gasteiger partial charge >= 0.3 is 0 Å². The Morgan fingerprint density at radius 2 is 2.00 bits per heavy atom. The maximum absolute atomic E-state index is 4.45. The third-order valence-corrected chi connectivity index (χ3v) is 4.65. The second-order valence-corrected chi connectivity index (χ2v) is 6.78. The molecule has 0 radical (unpaired) electrons. The van der Waals surface area contributed by atoms with Gasteiger partial charge in [0.05, 0.1) is 0 Å². The molecule has 1 atom stereocenters. The van der Waals surface area contributed by atoms with Crippen molar-refractivity contribution in [1.29, 1.82) is 0 Å². The van der Waals surface area contributed by atoms with Crippen LogP contribution in [0.5, 0.6) is 0 Å². The molecule has 1 aliphatic heterocycles. The van der Waals surface area contributed by atoms with E-state index in [1.54, 1.807) is 4.52 Å². The van der Waals surface area contributed by atoms with E-state index in [9.17, 15) is 0 Å². The van der Waals surface area contributed by atoms with Crippen molar-refractivity contribution in [3.8, 4) is 0 Å². The quantitative estimate of drug-likeness (QED) is 0.745. The smallest absolute Gasteiger partial charge is 0.254 e. The largest absolute Gasteiger partial charge is 0.366 e. The van der Waals surface area contributed by atoms with Crippen molar-refractivity contribution in [2.75, 3.05) is 42.9 Å². The van der Waals surface area contributed by atoms with E-state index < -0.39 is 0 Å². The van der Waals surface area contributed by atoms with E-state index in [-0.39, 0.29) is 0 Å². The number of aryl methyl sites for hydroxylation is 1. The molecule has 8 heteroatoms. The van der Waals surface area contributed by atoms with Gasteiger partial charge in [-0.15, -0.1) is 0 Å². The van der Waals surface area contributed by atoms with Gasteiger partial charge in [0, 0.05) is 56.7 Å². The number of nitrogens with one attached hydrogen (secondary N) is 1. The molecular formula is C18H24N8. The minimum absolute atomic E-state index is 0.297. The van der Waals surface area contributed by atoms with Gasteiger partial charge in [0.2, 0.25) is 0 Å². The van der Waals surface area contributed by atoms with Crippen molar-refractivity contribution in [2.45, 2.75) is 19.9 Å². The molecule has 0 spiro atoms. The average molecular weight is 352 g/mol. The molecule has 0 amide bonds. The van der Waals surface area contributed by atoms with Crippen molar-refractivity contribution in [1.82, 2.24) is 29.5 Å². The normalized spacial score (nSPS) is 16.8. The maximum Gasteiger partial charge on any atom is 0.254 e. The summed E-state index contributed by atoms with van der Waals surface area (Å²) >= 11 is 0. The summed E-state index contributed by atoms with van der Waals surface area (Å²) in [6.45, 7) is 9.24. The molecule has 1 fully saturated rings. The van der Waals surface area contributed by atoms with E-state index >= 15 is 0 Å². The van der Waals surface area contributed by atoms with E-state index in [1.165, 1.54) is 6.33 Å². The number of fused-ring (bicyclic) bond motifs is 1. The standard InChI is InChI=1S/C18H24N8/c1-14-11-17(26-18(23-14)20-13-21-26)22-15(2)12-24-7-9-25(10-8-24)16-5-3-4-6-19-16/h3-6,11,13,15,22H,7-10,12H2,1-2H3. The van der Waals surface area contributed by atoms with Gasteiger partial charge in [-0.3, -0.25) is 4.90 Å². The monoisotopic (exact) mass is 352 g/mol. The number of hydrogen-bond acceptors (Lipinski definition) is 7. The zero-order chi connectivity index (χ0) is 17.9. The first-order valence-electron chi connectivity index (χ1n) is 9.01. The molecule has 1 N–H and O–H groups in total. The van der Waals surface area contributed by atoms with Gasteiger partial charge in [0.1, 0.15) is 18.0 Å². The topological polar surface area (TPSA) is 74.5 Å². The highest BCUT2D eigenvalue weighted by Gasteiger charge is 2.19. The molecule has 136 valence electrons. The van der Waals surface area contributed by atoms with Crippen LogP contribution in [0.3, 0.4) is 0 Å². The highest BCUT2D eigenvalue weighted by molar-refractivity contribution is 5.45. The molecule has 3 aromatic rings. The highest BCUT2D eigenvalue weighted by Crippen LogP contribution is 2.14. The molecule has 0 saturated carbocycles. The van der Waals surface area contributed by atoms with Crippen molar-refractivity contribution < 1.29 is 0 Å². The number of anilines is 2. The van der Waals surface area contributed by atoms with Gasteiger partial charge in [-0.2, -0.15) is 14.6 Å². The predicted molar refractivity (Wildman–Crippen MR) is 101 cm³/mol. The first kappa shape index (κ1) is 16.7. The molecule has 1 saturated heterocycles. The summed E-state index contributed by atoms with van der Waals surface area (Å²) in [5.74, 6) is 2.63. The summed E-state index contributed by atoms with van der Waals surface area (Å²) in [4.78, 5) is 17.8. The number of nitrogens with zero attached hydrogens (tertiary/aromatic N) is 7. The van der Waals surface area contributed by atoms with Crippen molar-refractivity contribution >= 4 is 17.4 Å². The maximum atomic E-state index is 4.45. The lowest BCUT2D eigenvalue weighted by Gasteiger charge is -2.36. The van der Waals surface area contributed by atoms with Crippen LogP contribution in [0.25, 0.3) is 5.78 Å². The predicted octanol–water partition coefficient (Wildman–Crippen LogP) is 1.45. The van der Waals surface area contributed by atoms with Crippen LogP contribution in [0.4, 0.5) is 11.6 Å². The van der Waals surface area contributed by atoms with Gasteiger partial charge in [-0.1, -0.05) is 6.07 Å². The summed E-state index contributed by atoms with van der Waals surface area (Å²) < 4.78 is 1.75. The molecule has 4 heterocycles. The minimum atomic E-state index is 0.297. The van der Waals surface area contributed by atoms with Gasteiger partial charge in [0.15, 0.2) is 0 Å². The first-order valence-corrected chi connectivity index (χ1v) is 9.01. The first-order chi connectivity index (χ1) is 12.7. The van der Waals surface area contributed by atoms with Crippen molar-refractivity contribution in [3.05, 3.63) is 42.5 Å². The third kappa shape index (κ3) is 3.60. The lowest BCUT2D eigenvalue weighted by atomic mass is 10.2. The molecule has 0 aromatic carbocycles. The summed E-state index contributed by atoms with van der Waals surface area (Å²) in [6, 6.07) is 8.39. The molecule has 1 aliphatic rings. The van der Waals surface area contributed by atoms with Gasteiger partial charge in [-0.25, -0.2) is 9.97 Å². The Kier molecular flexibility index (Phi) is 4.66. The zero-order valence-corrected chi connectivity index (χ0v) is 15.2. The molecule has 8 nitrogen and oxygen atoms in total. The number of aromatic nitrogens is 5. The zero-order valence-electron chi connectivity index (χ0n) is 15.2. The van der Waals surface area contributed by atoms with E-state index in [2.05, 4.69) is 48.2 Å². The summed E-state index contributed by atoms with van der Waals surface area (Å²) in [5.41, 5.74) is 0.934. The highest BCUT2D eigenvalue weighted by atomic mass is 15.4. The Bertz CT molecular complexity index is 854. The molecule has 4 rings (SSSR count). The summed E-state index contributed by atoms with van der Waals surface area (Å²) in [6.07, 6.45) is 3.39. The Balaban J connectivity index is 1.34. The van der Waals surface area contributed by atoms with Crippen molar-refractivity contribution in [2.24, 2.45) is 0 Å². The van der Waals surface area contributed by atoms with Crippen LogP contribution in [-0.4, -0.2) is 68.2 Å². The van der Waals surface area contributed by atoms with Crippen LogP contribution in [0, 0.1) is 6.92 Å². The summed E-state index contributed by atoms with van der Waals surface area (Å²) in [7, 11) is 0. The Hall–Kier alpha value is -2.74. The van der Waals surface area contributed by atoms with Gasteiger partial charge in [-0.05, 0) is 26.0 Å². The Morgan fingerprint density at radius 1 is 1.15 bits per heavy atom. The Labute approximate surface area is 152 Å². The fourth-order valence-electron chi connectivity index (χ4n) is 3.42. The number of rotatable bonds is 5. The van der Waals surface area contributed by atoms with Gasteiger partial charge in [0.25, 0.3) is 5.78 Å². The Morgan fingerprint density at radius 3 is 2.77 bits per heavy atom. The lowest BCUT2D eigenvalue weighted by molar-refractivity contribution is 0.250. The van der Waals surface area contributed by atoms with Crippen molar-refractivity contribution in [3.63, 3.8) is 0 Å². The average Bonchev–Trinajstić information content (AvgIpc) is 3.11. The molecule has 26 heavy (non-hydrogen) atoms. The van der Waals surface area contributed by atoms with E-state index in [0.717, 1.165) is 50.1 Å². The fraction of sp³-hybridized carbons (Fsp3) is 0.444. The molecular weight excluding hydrogens is 328 g/mol. The third-order valence-electron chi connectivity index (χ3n) is 4.65. The second kappa shape index (κ2) is 7.25.